The third kappa shape index (κ3) is 3.49. The second-order valence-electron chi connectivity index (χ2n) is 3.41. The van der Waals surface area contributed by atoms with Crippen LogP contribution in [0.4, 0.5) is 5.82 Å². The number of hydrogen-bond acceptors (Lipinski definition) is 4. The van der Waals surface area contributed by atoms with Gasteiger partial charge in [0.05, 0.1) is 6.61 Å². The van der Waals surface area contributed by atoms with E-state index in [1.54, 1.807) is 6.20 Å². The number of rotatable bonds is 6. The molecule has 84 valence electrons. The monoisotopic (exact) mass is 209 g/mol. The van der Waals surface area contributed by atoms with Gasteiger partial charge in [0.25, 0.3) is 0 Å². The number of likely N-dealkylation sites (N-methyl/N-ethyl adjacent to an activating group) is 1. The van der Waals surface area contributed by atoms with Crippen molar-refractivity contribution in [1.82, 2.24) is 10.3 Å². The van der Waals surface area contributed by atoms with Gasteiger partial charge in [-0.1, -0.05) is 13.0 Å². The SMILES string of the molecule is CCNCc1cccnc1N(C)CCO. The van der Waals surface area contributed by atoms with E-state index in [1.165, 1.54) is 0 Å². The molecule has 0 fully saturated rings. The molecule has 0 spiro atoms. The van der Waals surface area contributed by atoms with Crippen LogP contribution in [0, 0.1) is 0 Å². The minimum Gasteiger partial charge on any atom is -0.395 e. The van der Waals surface area contributed by atoms with Crippen LogP contribution in [0.3, 0.4) is 0 Å². The number of aromatic nitrogens is 1. The lowest BCUT2D eigenvalue weighted by atomic mass is 10.2. The number of pyridine rings is 1. The lowest BCUT2D eigenvalue weighted by Gasteiger charge is -2.20. The average molecular weight is 209 g/mol. The first-order valence-electron chi connectivity index (χ1n) is 5.26. The summed E-state index contributed by atoms with van der Waals surface area (Å²) in [5.41, 5.74) is 1.16. The maximum Gasteiger partial charge on any atom is 0.132 e. The molecule has 0 saturated heterocycles. The number of hydrogen-bond donors (Lipinski definition) is 2. The van der Waals surface area contributed by atoms with E-state index < -0.39 is 0 Å². The Balaban J connectivity index is 2.75. The Morgan fingerprint density at radius 1 is 1.53 bits per heavy atom. The zero-order chi connectivity index (χ0) is 11.1. The van der Waals surface area contributed by atoms with Crippen LogP contribution >= 0.6 is 0 Å². The van der Waals surface area contributed by atoms with E-state index in [-0.39, 0.29) is 6.61 Å². The first-order chi connectivity index (χ1) is 7.29. The normalized spacial score (nSPS) is 10.3. The fourth-order valence-corrected chi connectivity index (χ4v) is 1.43. The van der Waals surface area contributed by atoms with E-state index in [2.05, 4.69) is 23.3 Å². The number of anilines is 1. The maximum absolute atomic E-state index is 8.88. The molecule has 4 heteroatoms. The lowest BCUT2D eigenvalue weighted by molar-refractivity contribution is 0.303. The van der Waals surface area contributed by atoms with Gasteiger partial charge < -0.3 is 15.3 Å². The van der Waals surface area contributed by atoms with Crippen LogP contribution in [-0.2, 0) is 6.54 Å². The number of nitrogens with one attached hydrogen (secondary N) is 1. The van der Waals surface area contributed by atoms with Crippen molar-refractivity contribution in [2.75, 3.05) is 31.6 Å². The summed E-state index contributed by atoms with van der Waals surface area (Å²) in [6.07, 6.45) is 1.78. The molecule has 0 unspecified atom stereocenters. The minimum atomic E-state index is 0.147. The van der Waals surface area contributed by atoms with Gasteiger partial charge in [-0.05, 0) is 12.6 Å². The Kier molecular flexibility index (Phi) is 5.07. The minimum absolute atomic E-state index is 0.147. The molecule has 2 N–H and O–H groups in total. The van der Waals surface area contributed by atoms with Crippen LogP contribution in [-0.4, -0.2) is 36.8 Å². The Labute approximate surface area is 90.9 Å². The zero-order valence-electron chi connectivity index (χ0n) is 9.40. The molecule has 0 amide bonds. The van der Waals surface area contributed by atoms with Crippen molar-refractivity contribution in [2.45, 2.75) is 13.5 Å². The zero-order valence-corrected chi connectivity index (χ0v) is 9.40. The molecule has 0 saturated carbocycles. The van der Waals surface area contributed by atoms with Crippen molar-refractivity contribution >= 4 is 5.82 Å². The molecule has 0 aliphatic heterocycles. The quantitative estimate of drug-likeness (QED) is 0.721. The number of aliphatic hydroxyl groups excluding tert-OH is 1. The molecule has 1 rings (SSSR count). The molecule has 0 aliphatic rings. The molecular formula is C11H19N3O. The van der Waals surface area contributed by atoms with Gasteiger partial charge in [0.15, 0.2) is 0 Å². The lowest BCUT2D eigenvalue weighted by Crippen LogP contribution is -2.25. The molecule has 1 aromatic rings. The van der Waals surface area contributed by atoms with Crippen molar-refractivity contribution in [3.05, 3.63) is 23.9 Å². The standard InChI is InChI=1S/C11H19N3O/c1-3-12-9-10-5-4-6-13-11(10)14(2)7-8-15/h4-6,12,15H,3,7-9H2,1-2H3. The summed E-state index contributed by atoms with van der Waals surface area (Å²) in [6, 6.07) is 3.99. The van der Waals surface area contributed by atoms with Gasteiger partial charge in [-0.2, -0.15) is 0 Å². The smallest absolute Gasteiger partial charge is 0.132 e. The highest BCUT2D eigenvalue weighted by Crippen LogP contribution is 2.14. The van der Waals surface area contributed by atoms with Crippen LogP contribution in [0.15, 0.2) is 18.3 Å². The molecule has 0 aliphatic carbocycles. The molecule has 0 atom stereocenters. The van der Waals surface area contributed by atoms with Crippen molar-refractivity contribution in [3.63, 3.8) is 0 Å². The summed E-state index contributed by atoms with van der Waals surface area (Å²) >= 11 is 0. The first-order valence-corrected chi connectivity index (χ1v) is 5.26. The number of nitrogens with zero attached hydrogens (tertiary/aromatic N) is 2. The van der Waals surface area contributed by atoms with E-state index in [9.17, 15) is 0 Å². The van der Waals surface area contributed by atoms with Gasteiger partial charge in [-0.3, -0.25) is 0 Å². The maximum atomic E-state index is 8.88. The van der Waals surface area contributed by atoms with Gasteiger partial charge in [0.1, 0.15) is 5.82 Å². The second-order valence-corrected chi connectivity index (χ2v) is 3.41. The molecule has 0 radical (unpaired) electrons. The molecule has 1 heterocycles. The van der Waals surface area contributed by atoms with Crippen molar-refractivity contribution < 1.29 is 5.11 Å². The molecule has 4 nitrogen and oxygen atoms in total. The Hall–Kier alpha value is -1.13. The van der Waals surface area contributed by atoms with Crippen molar-refractivity contribution in [1.29, 1.82) is 0 Å². The second kappa shape index (κ2) is 6.37. The predicted molar refractivity (Wildman–Crippen MR) is 62.0 cm³/mol. The summed E-state index contributed by atoms with van der Waals surface area (Å²) in [7, 11) is 1.94. The van der Waals surface area contributed by atoms with Crippen LogP contribution in [0.5, 0.6) is 0 Å². The Morgan fingerprint density at radius 2 is 2.33 bits per heavy atom. The van der Waals surface area contributed by atoms with E-state index >= 15 is 0 Å². The number of aliphatic hydroxyl groups is 1. The summed E-state index contributed by atoms with van der Waals surface area (Å²) in [5.74, 6) is 0.938. The van der Waals surface area contributed by atoms with E-state index in [0.29, 0.717) is 6.54 Å². The van der Waals surface area contributed by atoms with E-state index in [1.807, 2.05) is 18.0 Å². The van der Waals surface area contributed by atoms with Gasteiger partial charge in [-0.25, -0.2) is 4.98 Å². The summed E-state index contributed by atoms with van der Waals surface area (Å²) in [6.45, 7) is 4.59. The topological polar surface area (TPSA) is 48.4 Å². The first kappa shape index (κ1) is 11.9. The third-order valence-electron chi connectivity index (χ3n) is 2.23. The third-order valence-corrected chi connectivity index (χ3v) is 2.23. The van der Waals surface area contributed by atoms with E-state index in [0.717, 1.165) is 24.5 Å². The molecule has 0 aromatic carbocycles. The van der Waals surface area contributed by atoms with Crippen molar-refractivity contribution in [3.8, 4) is 0 Å². The van der Waals surface area contributed by atoms with Gasteiger partial charge in [0, 0.05) is 31.9 Å². The van der Waals surface area contributed by atoms with Crippen LogP contribution in [0.2, 0.25) is 0 Å². The average Bonchev–Trinajstić information content (AvgIpc) is 2.27. The largest absolute Gasteiger partial charge is 0.395 e. The molecular weight excluding hydrogens is 190 g/mol. The predicted octanol–water partition coefficient (Wildman–Crippen LogP) is 0.620. The van der Waals surface area contributed by atoms with Crippen LogP contribution in [0.1, 0.15) is 12.5 Å². The Morgan fingerprint density at radius 3 is 3.00 bits per heavy atom. The van der Waals surface area contributed by atoms with Crippen LogP contribution < -0.4 is 10.2 Å². The summed E-state index contributed by atoms with van der Waals surface area (Å²) in [4.78, 5) is 6.29. The summed E-state index contributed by atoms with van der Waals surface area (Å²) < 4.78 is 0. The fourth-order valence-electron chi connectivity index (χ4n) is 1.43. The van der Waals surface area contributed by atoms with E-state index in [4.69, 9.17) is 5.11 Å². The van der Waals surface area contributed by atoms with Gasteiger partial charge in [-0.15, -0.1) is 0 Å². The van der Waals surface area contributed by atoms with Gasteiger partial charge in [0.2, 0.25) is 0 Å². The molecule has 0 bridgehead atoms. The highest BCUT2D eigenvalue weighted by molar-refractivity contribution is 5.45. The molecule has 1 aromatic heterocycles. The van der Waals surface area contributed by atoms with Crippen molar-refractivity contribution in [2.24, 2.45) is 0 Å². The fraction of sp³-hybridized carbons (Fsp3) is 0.545. The van der Waals surface area contributed by atoms with Gasteiger partial charge >= 0.3 is 0 Å². The highest BCUT2D eigenvalue weighted by Gasteiger charge is 2.06. The summed E-state index contributed by atoms with van der Waals surface area (Å²) in [5, 5.41) is 12.2. The van der Waals surface area contributed by atoms with Crippen LogP contribution in [0.25, 0.3) is 0 Å². The molecule has 15 heavy (non-hydrogen) atoms. The highest BCUT2D eigenvalue weighted by atomic mass is 16.3. The Bertz CT molecular complexity index is 291.